The summed E-state index contributed by atoms with van der Waals surface area (Å²) < 4.78 is 0. The Labute approximate surface area is 101 Å². The van der Waals surface area contributed by atoms with Crippen molar-refractivity contribution in [2.75, 3.05) is 0 Å². The first-order valence-electron chi connectivity index (χ1n) is 5.71. The molecule has 2 heteroatoms. The van der Waals surface area contributed by atoms with Gasteiger partial charge in [-0.05, 0) is 0 Å². The Kier molecular flexibility index (Phi) is 5.82. The topological polar surface area (TPSA) is 20.2 Å². The molecule has 0 radical (unpaired) electrons. The molecule has 1 rings (SSSR count). The van der Waals surface area contributed by atoms with E-state index in [4.69, 9.17) is 0 Å². The van der Waals surface area contributed by atoms with Gasteiger partial charge >= 0.3 is 101 Å². The number of benzene rings is 1. The second-order valence-electron chi connectivity index (χ2n) is 3.92. The zero-order valence-electron chi connectivity index (χ0n) is 9.32. The molecule has 0 saturated carbocycles. The molecule has 0 aliphatic rings. The Morgan fingerprint density at radius 3 is 2.60 bits per heavy atom. The number of para-hydroxylation sites is 1. The second-order valence-corrected chi connectivity index (χ2v) is 5.23. The van der Waals surface area contributed by atoms with E-state index in [9.17, 15) is 5.11 Å². The van der Waals surface area contributed by atoms with E-state index >= 15 is 0 Å². The van der Waals surface area contributed by atoms with Crippen LogP contribution in [0.3, 0.4) is 0 Å². The molecule has 0 aliphatic heterocycles. The average molecular weight is 271 g/mol. The summed E-state index contributed by atoms with van der Waals surface area (Å²) in [5, 5.41) is 9.67. The Balaban J connectivity index is 2.40. The fourth-order valence-corrected chi connectivity index (χ4v) is 2.53. The molecule has 0 saturated heterocycles. The molecule has 0 spiro atoms. The molecule has 1 aromatic rings. The predicted octanol–water partition coefficient (Wildman–Crippen LogP) is 3.30. The molecule has 0 heterocycles. The Bertz CT molecular complexity index is 286. The van der Waals surface area contributed by atoms with Crippen LogP contribution in [0.15, 0.2) is 24.3 Å². The van der Waals surface area contributed by atoms with Crippen molar-refractivity contribution in [3.8, 4) is 5.75 Å². The van der Waals surface area contributed by atoms with E-state index < -0.39 is 0 Å². The van der Waals surface area contributed by atoms with Gasteiger partial charge in [-0.2, -0.15) is 0 Å². The number of phenols is 1. The van der Waals surface area contributed by atoms with E-state index in [1.54, 1.807) is 6.07 Å². The van der Waals surface area contributed by atoms with E-state index in [0.717, 1.165) is 12.0 Å². The van der Waals surface area contributed by atoms with Gasteiger partial charge in [0.25, 0.3) is 0 Å². The van der Waals surface area contributed by atoms with Crippen LogP contribution >= 0.6 is 0 Å². The second kappa shape index (κ2) is 6.92. The van der Waals surface area contributed by atoms with Crippen LogP contribution < -0.4 is 0 Å². The molecule has 0 aliphatic carbocycles. The number of hydrogen-bond donors (Lipinski definition) is 1. The van der Waals surface area contributed by atoms with Crippen molar-refractivity contribution in [2.45, 2.75) is 43.8 Å². The van der Waals surface area contributed by atoms with Gasteiger partial charge in [0.05, 0.1) is 0 Å². The fourth-order valence-electron chi connectivity index (χ4n) is 1.69. The Hall–Kier alpha value is -0.461. The maximum absolute atomic E-state index is 9.67. The van der Waals surface area contributed by atoms with Crippen LogP contribution in [0.25, 0.3) is 0 Å². The molecule has 0 amide bonds. The molecule has 1 atom stereocenters. The van der Waals surface area contributed by atoms with Gasteiger partial charge in [-0.3, -0.25) is 0 Å². The van der Waals surface area contributed by atoms with Gasteiger partial charge in [-0.25, -0.2) is 0 Å². The monoisotopic (exact) mass is 272 g/mol. The molecule has 84 valence electrons. The van der Waals surface area contributed by atoms with Gasteiger partial charge in [-0.15, -0.1) is 0 Å². The van der Waals surface area contributed by atoms with E-state index in [1.165, 1.54) is 25.7 Å². The number of phenolic OH excluding ortho intramolecular Hbond substituents is 1. The molecule has 1 N–H and O–H groups in total. The van der Waals surface area contributed by atoms with Crippen molar-refractivity contribution >= 4 is 16.0 Å². The number of hydrogen-bond acceptors (Lipinski definition) is 1. The van der Waals surface area contributed by atoms with Crippen LogP contribution in [-0.2, 0) is 0 Å². The Morgan fingerprint density at radius 1 is 1.20 bits per heavy atom. The molecule has 15 heavy (non-hydrogen) atoms. The SMILES string of the molecule is CCCCCCC([SeH])c1ccccc1O. The molecule has 1 unspecified atom stereocenters. The van der Waals surface area contributed by atoms with Gasteiger partial charge in [0.2, 0.25) is 0 Å². The van der Waals surface area contributed by atoms with Crippen LogP contribution in [-0.4, -0.2) is 21.1 Å². The van der Waals surface area contributed by atoms with Crippen LogP contribution in [0.2, 0.25) is 0 Å². The first-order chi connectivity index (χ1) is 7.25. The van der Waals surface area contributed by atoms with E-state index in [2.05, 4.69) is 22.9 Å². The summed E-state index contributed by atoms with van der Waals surface area (Å²) in [6.07, 6.45) is 6.30. The van der Waals surface area contributed by atoms with E-state index in [1.807, 2.05) is 18.2 Å². The summed E-state index contributed by atoms with van der Waals surface area (Å²) >= 11 is 2.67. The average Bonchev–Trinajstić information content (AvgIpc) is 2.25. The Morgan fingerprint density at radius 2 is 1.93 bits per heavy atom. The summed E-state index contributed by atoms with van der Waals surface area (Å²) in [6.45, 7) is 2.22. The van der Waals surface area contributed by atoms with Crippen molar-refractivity contribution in [1.29, 1.82) is 0 Å². The van der Waals surface area contributed by atoms with Crippen molar-refractivity contribution in [2.24, 2.45) is 0 Å². The molecule has 0 fully saturated rings. The van der Waals surface area contributed by atoms with Gasteiger partial charge in [0, 0.05) is 0 Å². The van der Waals surface area contributed by atoms with Gasteiger partial charge in [-0.1, -0.05) is 0 Å². The van der Waals surface area contributed by atoms with Crippen LogP contribution in [0.5, 0.6) is 5.75 Å². The van der Waals surface area contributed by atoms with Crippen LogP contribution in [0, 0.1) is 0 Å². The van der Waals surface area contributed by atoms with Gasteiger partial charge < -0.3 is 0 Å². The van der Waals surface area contributed by atoms with Crippen LogP contribution in [0.4, 0.5) is 0 Å². The molecule has 1 aromatic carbocycles. The summed E-state index contributed by atoms with van der Waals surface area (Å²) in [5.41, 5.74) is 1.06. The van der Waals surface area contributed by atoms with Crippen molar-refractivity contribution in [3.05, 3.63) is 29.8 Å². The van der Waals surface area contributed by atoms with Crippen molar-refractivity contribution in [3.63, 3.8) is 0 Å². The van der Waals surface area contributed by atoms with Gasteiger partial charge in [0.1, 0.15) is 0 Å². The molecular formula is C13H20OSe. The third-order valence-corrected chi connectivity index (χ3v) is 3.75. The first kappa shape index (κ1) is 12.6. The molecular weight excluding hydrogens is 251 g/mol. The number of rotatable bonds is 6. The summed E-state index contributed by atoms with van der Waals surface area (Å²) in [6, 6.07) is 7.64. The zero-order valence-corrected chi connectivity index (χ0v) is 11.2. The molecule has 0 bridgehead atoms. The van der Waals surface area contributed by atoms with Gasteiger partial charge in [0.15, 0.2) is 0 Å². The normalized spacial score (nSPS) is 12.7. The fraction of sp³-hybridized carbons (Fsp3) is 0.538. The summed E-state index contributed by atoms with van der Waals surface area (Å²) in [4.78, 5) is 0.413. The number of aromatic hydroxyl groups is 1. The minimum absolute atomic E-state index is 0.413. The maximum atomic E-state index is 9.67. The first-order valence-corrected chi connectivity index (χ1v) is 6.80. The van der Waals surface area contributed by atoms with Crippen molar-refractivity contribution < 1.29 is 5.11 Å². The van der Waals surface area contributed by atoms with E-state index in [-0.39, 0.29) is 0 Å². The summed E-state index contributed by atoms with van der Waals surface area (Å²) in [7, 11) is 0. The van der Waals surface area contributed by atoms with Crippen molar-refractivity contribution in [1.82, 2.24) is 0 Å². The zero-order chi connectivity index (χ0) is 11.1. The van der Waals surface area contributed by atoms with Crippen LogP contribution in [0.1, 0.15) is 49.4 Å². The van der Waals surface area contributed by atoms with E-state index in [0.29, 0.717) is 10.6 Å². The quantitative estimate of drug-likeness (QED) is 0.621. The summed E-state index contributed by atoms with van der Waals surface area (Å²) in [5.74, 6) is 0.429. The predicted molar refractivity (Wildman–Crippen MR) is 66.8 cm³/mol. The molecule has 0 aromatic heterocycles. The third kappa shape index (κ3) is 4.27. The minimum atomic E-state index is 0.413. The standard InChI is InChI=1S/C13H20OSe/c1-2-3-4-5-10-13(15)11-8-6-7-9-12(11)14/h6-9,13-15H,2-5,10H2,1H3. The third-order valence-electron chi connectivity index (χ3n) is 2.63. The number of unbranched alkanes of at least 4 members (excludes halogenated alkanes) is 3. The molecule has 1 nitrogen and oxygen atoms in total.